The van der Waals surface area contributed by atoms with Crippen molar-refractivity contribution >= 4 is 40.9 Å². The number of nitrogens with zero attached hydrogens (tertiary/aromatic N) is 4. The second-order valence-corrected chi connectivity index (χ2v) is 15.9. The summed E-state index contributed by atoms with van der Waals surface area (Å²) in [5.41, 5.74) is 2.76. The lowest BCUT2D eigenvalue weighted by molar-refractivity contribution is 0.0606. The minimum atomic E-state index is -1.26. The van der Waals surface area contributed by atoms with Crippen molar-refractivity contribution in [1.29, 1.82) is 0 Å². The molecule has 3 heterocycles. The normalized spacial score (nSPS) is 16.4. The molecule has 2 aromatic heterocycles. The molecule has 0 saturated carbocycles. The van der Waals surface area contributed by atoms with Crippen molar-refractivity contribution < 1.29 is 13.9 Å². The van der Waals surface area contributed by atoms with Crippen LogP contribution in [0.2, 0.25) is 25.7 Å². The van der Waals surface area contributed by atoms with E-state index in [1.165, 1.54) is 6.07 Å². The largest absolute Gasteiger partial charge is 0.361 e. The summed E-state index contributed by atoms with van der Waals surface area (Å²) in [6.07, 6.45) is 2.46. The van der Waals surface area contributed by atoms with Crippen LogP contribution < -0.4 is 0 Å². The van der Waals surface area contributed by atoms with Crippen LogP contribution in [0.15, 0.2) is 34.9 Å². The Labute approximate surface area is 196 Å². The molecule has 3 aromatic rings. The highest BCUT2D eigenvalue weighted by atomic mass is 79.9. The molecule has 0 unspecified atom stereocenters. The average Bonchev–Trinajstić information content (AvgIpc) is 3.14. The molecule has 1 aliphatic rings. The van der Waals surface area contributed by atoms with Crippen LogP contribution in [0.25, 0.3) is 11.0 Å². The van der Waals surface area contributed by atoms with E-state index >= 15 is 0 Å². The van der Waals surface area contributed by atoms with Gasteiger partial charge in [0.2, 0.25) is 5.82 Å². The van der Waals surface area contributed by atoms with E-state index in [0.29, 0.717) is 29.6 Å². The molecule has 6 nitrogen and oxygen atoms in total. The van der Waals surface area contributed by atoms with Crippen LogP contribution in [-0.4, -0.2) is 46.6 Å². The fourth-order valence-electron chi connectivity index (χ4n) is 4.02. The average molecular weight is 519 g/mol. The first-order valence-corrected chi connectivity index (χ1v) is 15.3. The predicted molar refractivity (Wildman–Crippen MR) is 129 cm³/mol. The first-order chi connectivity index (χ1) is 15.2. The topological polar surface area (TPSA) is 60.2 Å². The number of hydrogen-bond acceptors (Lipinski definition) is 4. The van der Waals surface area contributed by atoms with Gasteiger partial charge in [-0.15, -0.1) is 0 Å². The summed E-state index contributed by atoms with van der Waals surface area (Å²) in [4.78, 5) is 24.3. The number of ether oxygens (including phenoxy) is 1. The van der Waals surface area contributed by atoms with Crippen molar-refractivity contribution in [1.82, 2.24) is 19.4 Å². The van der Waals surface area contributed by atoms with E-state index in [1.54, 1.807) is 21.7 Å². The lowest BCUT2D eigenvalue weighted by Crippen LogP contribution is -2.40. The molecular formula is C23H28BrFN4O2Si. The molecule has 1 amide bonds. The maximum atomic E-state index is 14.6. The first kappa shape index (κ1) is 23.1. The first-order valence-electron chi connectivity index (χ1n) is 10.8. The molecule has 1 aromatic carbocycles. The predicted octanol–water partition coefficient (Wildman–Crippen LogP) is 5.40. The van der Waals surface area contributed by atoms with Crippen molar-refractivity contribution in [3.63, 3.8) is 0 Å². The van der Waals surface area contributed by atoms with Crippen molar-refractivity contribution in [3.05, 3.63) is 57.8 Å². The van der Waals surface area contributed by atoms with Gasteiger partial charge >= 0.3 is 0 Å². The Morgan fingerprint density at radius 3 is 2.84 bits per heavy atom. The molecule has 0 bridgehead atoms. The molecule has 1 atom stereocenters. The summed E-state index contributed by atoms with van der Waals surface area (Å²) >= 11 is 3.50. The molecule has 0 spiro atoms. The van der Waals surface area contributed by atoms with Gasteiger partial charge in [0.05, 0.1) is 11.6 Å². The van der Waals surface area contributed by atoms with Crippen molar-refractivity contribution in [2.24, 2.45) is 0 Å². The second-order valence-electron chi connectivity index (χ2n) is 9.40. The molecule has 9 heteroatoms. The molecule has 0 fully saturated rings. The number of fused-ring (bicyclic) bond motifs is 2. The fourth-order valence-corrected chi connectivity index (χ4v) is 5.31. The summed E-state index contributed by atoms with van der Waals surface area (Å²) in [5, 5.41) is 0. The zero-order valence-corrected chi connectivity index (χ0v) is 21.4. The van der Waals surface area contributed by atoms with Gasteiger partial charge in [-0.1, -0.05) is 25.7 Å². The van der Waals surface area contributed by atoms with Gasteiger partial charge in [-0.05, 0) is 52.7 Å². The van der Waals surface area contributed by atoms with E-state index in [-0.39, 0.29) is 30.0 Å². The Balaban J connectivity index is 1.69. The summed E-state index contributed by atoms with van der Waals surface area (Å²) in [5.74, 6) is -0.499. The number of benzene rings is 1. The van der Waals surface area contributed by atoms with Gasteiger partial charge in [0.25, 0.3) is 5.91 Å². The molecule has 0 aliphatic carbocycles. The van der Waals surface area contributed by atoms with E-state index in [4.69, 9.17) is 4.74 Å². The van der Waals surface area contributed by atoms with Crippen molar-refractivity contribution in [3.8, 4) is 0 Å². The standard InChI is InChI=1S/C23H28BrFN4O2Si/c1-15-16-6-5-10-26-19(16)9-11-28(15)23(30)22-27-20-18(25)8-7-17(24)21(20)29(22)14-31-12-13-32(2,3)4/h5-8,10,15H,9,11-14H2,1-4H3/t15-/m1/s1. The minimum absolute atomic E-state index is 0.143. The minimum Gasteiger partial charge on any atom is -0.361 e. The van der Waals surface area contributed by atoms with Crippen molar-refractivity contribution in [2.45, 2.75) is 51.8 Å². The number of amides is 1. The van der Waals surface area contributed by atoms with E-state index in [9.17, 15) is 9.18 Å². The molecule has 1 aliphatic heterocycles. The number of rotatable bonds is 6. The summed E-state index contributed by atoms with van der Waals surface area (Å²) < 4.78 is 22.9. The van der Waals surface area contributed by atoms with Gasteiger partial charge < -0.3 is 9.64 Å². The van der Waals surface area contributed by atoms with Crippen LogP contribution >= 0.6 is 15.9 Å². The summed E-state index contributed by atoms with van der Waals surface area (Å²) in [6, 6.07) is 7.75. The van der Waals surface area contributed by atoms with E-state index in [1.807, 2.05) is 19.1 Å². The van der Waals surface area contributed by atoms with Gasteiger partial charge in [-0.2, -0.15) is 0 Å². The van der Waals surface area contributed by atoms with Crippen LogP contribution in [0.4, 0.5) is 4.39 Å². The molecule has 170 valence electrons. The maximum Gasteiger partial charge on any atom is 0.290 e. The number of hydrogen-bond donors (Lipinski definition) is 0. The highest BCUT2D eigenvalue weighted by Crippen LogP contribution is 2.32. The summed E-state index contributed by atoms with van der Waals surface area (Å²) in [7, 11) is -1.26. The fraction of sp³-hybridized carbons (Fsp3) is 0.435. The van der Waals surface area contributed by atoms with Crippen LogP contribution in [0.3, 0.4) is 0 Å². The Bertz CT molecular complexity index is 1160. The zero-order valence-electron chi connectivity index (χ0n) is 18.9. The Kier molecular flexibility index (Phi) is 6.51. The molecule has 0 N–H and O–H groups in total. The smallest absolute Gasteiger partial charge is 0.290 e. The van der Waals surface area contributed by atoms with Crippen LogP contribution in [0.5, 0.6) is 0 Å². The number of imidazole rings is 1. The lowest BCUT2D eigenvalue weighted by atomic mass is 9.98. The highest BCUT2D eigenvalue weighted by Gasteiger charge is 2.32. The quantitative estimate of drug-likeness (QED) is 0.323. The Morgan fingerprint density at radius 2 is 2.09 bits per heavy atom. The zero-order chi connectivity index (χ0) is 23.0. The molecule has 0 saturated heterocycles. The van der Waals surface area contributed by atoms with Gasteiger partial charge in [0.1, 0.15) is 12.2 Å². The highest BCUT2D eigenvalue weighted by molar-refractivity contribution is 9.10. The second kappa shape index (κ2) is 9.03. The van der Waals surface area contributed by atoms with Crippen molar-refractivity contribution in [2.75, 3.05) is 13.2 Å². The third-order valence-electron chi connectivity index (χ3n) is 5.90. The van der Waals surface area contributed by atoms with Crippen LogP contribution in [0.1, 0.15) is 34.8 Å². The van der Waals surface area contributed by atoms with E-state index in [2.05, 4.69) is 45.5 Å². The Hall–Kier alpha value is -2.10. The van der Waals surface area contributed by atoms with Gasteiger partial charge in [0.15, 0.2) is 5.82 Å². The number of aromatic nitrogens is 3. The monoisotopic (exact) mass is 518 g/mol. The number of halogens is 2. The van der Waals surface area contributed by atoms with E-state index < -0.39 is 13.9 Å². The third kappa shape index (κ3) is 4.51. The number of carbonyl (C=O) groups excluding carboxylic acids is 1. The number of pyridine rings is 1. The SMILES string of the molecule is C[C@@H]1c2cccnc2CCN1C(=O)c1nc2c(F)ccc(Br)c2n1COCC[Si](C)(C)C. The molecular weight excluding hydrogens is 491 g/mol. The molecule has 4 rings (SSSR count). The van der Waals surface area contributed by atoms with Crippen LogP contribution in [0, 0.1) is 5.82 Å². The maximum absolute atomic E-state index is 14.6. The molecule has 0 radical (unpaired) electrons. The van der Waals surface area contributed by atoms with Gasteiger partial charge in [-0.3, -0.25) is 14.3 Å². The Morgan fingerprint density at radius 1 is 1.31 bits per heavy atom. The third-order valence-corrected chi connectivity index (χ3v) is 8.24. The van der Waals surface area contributed by atoms with E-state index in [0.717, 1.165) is 17.3 Å². The molecule has 32 heavy (non-hydrogen) atoms. The lowest BCUT2D eigenvalue weighted by Gasteiger charge is -2.34. The van der Waals surface area contributed by atoms with Gasteiger partial charge in [-0.25, -0.2) is 9.37 Å². The van der Waals surface area contributed by atoms with Gasteiger partial charge in [0, 0.05) is 44.0 Å². The van der Waals surface area contributed by atoms with Crippen LogP contribution in [-0.2, 0) is 17.9 Å². The number of carbonyl (C=O) groups is 1. The summed E-state index contributed by atoms with van der Waals surface area (Å²) in [6.45, 7) is 10.1.